The molecular weight excluding hydrogens is 244 g/mol. The first-order chi connectivity index (χ1) is 8.83. The van der Waals surface area contributed by atoms with Crippen LogP contribution >= 0.6 is 0 Å². The van der Waals surface area contributed by atoms with E-state index in [1.54, 1.807) is 6.92 Å². The standard InChI is InChI=1S/C15H24O4/c1-5-15(3,4)12(16)9-11(14(18)19-6-2)13(17)10-7-8-10/h10-11H,5-9H2,1-4H3. The number of hydrogen-bond donors (Lipinski definition) is 0. The second-order valence-corrected chi connectivity index (χ2v) is 5.85. The molecule has 4 heteroatoms. The lowest BCUT2D eigenvalue weighted by Gasteiger charge is -2.23. The lowest BCUT2D eigenvalue weighted by atomic mass is 9.80. The van der Waals surface area contributed by atoms with Gasteiger partial charge in [0.25, 0.3) is 0 Å². The number of esters is 1. The zero-order valence-corrected chi connectivity index (χ0v) is 12.3. The highest BCUT2D eigenvalue weighted by molar-refractivity contribution is 6.04. The van der Waals surface area contributed by atoms with Gasteiger partial charge in [-0.25, -0.2) is 0 Å². The summed E-state index contributed by atoms with van der Waals surface area (Å²) in [5.74, 6) is -1.63. The number of carbonyl (C=O) groups is 3. The number of ketones is 2. The molecule has 0 aromatic rings. The Morgan fingerprint density at radius 1 is 1.21 bits per heavy atom. The van der Waals surface area contributed by atoms with E-state index in [0.29, 0.717) is 6.42 Å². The predicted molar refractivity (Wildman–Crippen MR) is 71.6 cm³/mol. The van der Waals surface area contributed by atoms with Gasteiger partial charge in [-0.05, 0) is 26.2 Å². The van der Waals surface area contributed by atoms with E-state index in [-0.39, 0.29) is 30.5 Å². The van der Waals surface area contributed by atoms with Crippen LogP contribution in [0.5, 0.6) is 0 Å². The van der Waals surface area contributed by atoms with Crippen LogP contribution in [0.25, 0.3) is 0 Å². The molecule has 108 valence electrons. The highest BCUT2D eigenvalue weighted by Gasteiger charge is 2.41. The van der Waals surface area contributed by atoms with Crippen molar-refractivity contribution >= 4 is 17.5 Å². The van der Waals surface area contributed by atoms with Crippen LogP contribution in [0.15, 0.2) is 0 Å². The maximum atomic E-state index is 12.2. The maximum absolute atomic E-state index is 12.2. The van der Waals surface area contributed by atoms with Crippen molar-refractivity contribution in [3.8, 4) is 0 Å². The van der Waals surface area contributed by atoms with Crippen LogP contribution in [0.1, 0.15) is 53.4 Å². The molecule has 0 aliphatic heterocycles. The molecule has 0 heterocycles. The van der Waals surface area contributed by atoms with Gasteiger partial charge in [0.05, 0.1) is 6.61 Å². The lowest BCUT2D eigenvalue weighted by molar-refractivity contribution is -0.154. The molecule has 1 aliphatic carbocycles. The molecule has 0 saturated heterocycles. The van der Waals surface area contributed by atoms with Crippen molar-refractivity contribution in [2.24, 2.45) is 17.3 Å². The summed E-state index contributed by atoms with van der Waals surface area (Å²) in [6.45, 7) is 7.56. The Labute approximate surface area is 114 Å². The first kappa shape index (κ1) is 15.9. The van der Waals surface area contributed by atoms with E-state index in [0.717, 1.165) is 12.8 Å². The molecule has 1 aliphatic rings. The van der Waals surface area contributed by atoms with Crippen LogP contribution in [-0.2, 0) is 19.1 Å². The highest BCUT2D eigenvalue weighted by Crippen LogP contribution is 2.35. The van der Waals surface area contributed by atoms with E-state index in [1.165, 1.54) is 0 Å². The Morgan fingerprint density at radius 2 is 1.79 bits per heavy atom. The average molecular weight is 268 g/mol. The van der Waals surface area contributed by atoms with Gasteiger partial charge in [-0.1, -0.05) is 20.8 Å². The van der Waals surface area contributed by atoms with Gasteiger partial charge >= 0.3 is 5.97 Å². The maximum Gasteiger partial charge on any atom is 0.316 e. The van der Waals surface area contributed by atoms with E-state index < -0.39 is 17.3 Å². The first-order valence-corrected chi connectivity index (χ1v) is 7.07. The van der Waals surface area contributed by atoms with Crippen molar-refractivity contribution in [1.29, 1.82) is 0 Å². The van der Waals surface area contributed by atoms with Gasteiger partial charge in [0, 0.05) is 17.8 Å². The van der Waals surface area contributed by atoms with E-state index in [2.05, 4.69) is 0 Å². The molecule has 1 fully saturated rings. The molecule has 0 spiro atoms. The van der Waals surface area contributed by atoms with E-state index in [4.69, 9.17) is 4.74 Å². The van der Waals surface area contributed by atoms with Gasteiger partial charge in [0.1, 0.15) is 11.7 Å². The quantitative estimate of drug-likeness (QED) is 0.501. The largest absolute Gasteiger partial charge is 0.465 e. The molecule has 0 aromatic carbocycles. The topological polar surface area (TPSA) is 60.4 Å². The normalized spacial score (nSPS) is 16.8. The fourth-order valence-corrected chi connectivity index (χ4v) is 1.85. The summed E-state index contributed by atoms with van der Waals surface area (Å²) in [6.07, 6.45) is 2.34. The third kappa shape index (κ3) is 4.15. The van der Waals surface area contributed by atoms with Gasteiger partial charge < -0.3 is 4.74 Å². The molecule has 4 nitrogen and oxygen atoms in total. The Kier molecular flexibility index (Phi) is 5.27. The van der Waals surface area contributed by atoms with Crippen LogP contribution in [0.3, 0.4) is 0 Å². The van der Waals surface area contributed by atoms with Crippen LogP contribution in [0.4, 0.5) is 0 Å². The Morgan fingerprint density at radius 3 is 2.21 bits per heavy atom. The fourth-order valence-electron chi connectivity index (χ4n) is 1.85. The second kappa shape index (κ2) is 6.31. The zero-order valence-electron chi connectivity index (χ0n) is 12.3. The number of hydrogen-bond acceptors (Lipinski definition) is 4. The monoisotopic (exact) mass is 268 g/mol. The predicted octanol–water partition coefficient (Wildman–Crippen LogP) is 2.54. The Bertz CT molecular complexity index is 366. The van der Waals surface area contributed by atoms with Crippen LogP contribution in [0.2, 0.25) is 0 Å². The molecule has 0 N–H and O–H groups in total. The van der Waals surface area contributed by atoms with Crippen molar-refractivity contribution < 1.29 is 19.1 Å². The highest BCUT2D eigenvalue weighted by atomic mass is 16.5. The number of rotatable bonds is 8. The lowest BCUT2D eigenvalue weighted by Crippen LogP contribution is -2.34. The molecule has 0 radical (unpaired) electrons. The van der Waals surface area contributed by atoms with Crippen LogP contribution < -0.4 is 0 Å². The van der Waals surface area contributed by atoms with Gasteiger partial charge in [-0.3, -0.25) is 14.4 Å². The van der Waals surface area contributed by atoms with Gasteiger partial charge in [0.15, 0.2) is 5.78 Å². The summed E-state index contributed by atoms with van der Waals surface area (Å²) < 4.78 is 4.94. The number of carbonyl (C=O) groups excluding carboxylic acids is 3. The van der Waals surface area contributed by atoms with E-state index >= 15 is 0 Å². The zero-order chi connectivity index (χ0) is 14.6. The Hall–Kier alpha value is -1.19. The van der Waals surface area contributed by atoms with Crippen LogP contribution in [0, 0.1) is 17.3 Å². The number of ether oxygens (including phenoxy) is 1. The van der Waals surface area contributed by atoms with Gasteiger partial charge in [-0.15, -0.1) is 0 Å². The molecule has 19 heavy (non-hydrogen) atoms. The summed E-state index contributed by atoms with van der Waals surface area (Å²) >= 11 is 0. The summed E-state index contributed by atoms with van der Waals surface area (Å²) in [6, 6.07) is 0. The molecule has 0 bridgehead atoms. The molecule has 1 rings (SSSR count). The second-order valence-electron chi connectivity index (χ2n) is 5.85. The minimum absolute atomic E-state index is 0.0188. The van der Waals surface area contributed by atoms with Gasteiger partial charge in [-0.2, -0.15) is 0 Å². The third-order valence-electron chi connectivity index (χ3n) is 3.92. The van der Waals surface area contributed by atoms with Crippen molar-refractivity contribution in [2.45, 2.75) is 53.4 Å². The summed E-state index contributed by atoms with van der Waals surface area (Å²) in [5, 5.41) is 0. The smallest absolute Gasteiger partial charge is 0.316 e. The third-order valence-corrected chi connectivity index (χ3v) is 3.92. The van der Waals surface area contributed by atoms with E-state index in [1.807, 2.05) is 20.8 Å². The van der Waals surface area contributed by atoms with Crippen LogP contribution in [-0.4, -0.2) is 24.1 Å². The molecule has 0 amide bonds. The summed E-state index contributed by atoms with van der Waals surface area (Å²) in [4.78, 5) is 36.2. The van der Waals surface area contributed by atoms with Gasteiger partial charge in [0.2, 0.25) is 0 Å². The molecule has 1 unspecified atom stereocenters. The summed E-state index contributed by atoms with van der Waals surface area (Å²) in [5.41, 5.74) is -0.491. The molecule has 1 atom stereocenters. The minimum atomic E-state index is -0.897. The van der Waals surface area contributed by atoms with Crippen molar-refractivity contribution in [3.63, 3.8) is 0 Å². The van der Waals surface area contributed by atoms with Crippen molar-refractivity contribution in [1.82, 2.24) is 0 Å². The number of Topliss-reactive ketones (excluding diaryl/α,β-unsaturated/α-hetero) is 2. The molecular formula is C15H24O4. The van der Waals surface area contributed by atoms with Crippen molar-refractivity contribution in [2.75, 3.05) is 6.61 Å². The summed E-state index contributed by atoms with van der Waals surface area (Å²) in [7, 11) is 0. The molecule has 0 aromatic heterocycles. The van der Waals surface area contributed by atoms with E-state index in [9.17, 15) is 14.4 Å². The molecule has 1 saturated carbocycles. The minimum Gasteiger partial charge on any atom is -0.465 e. The van der Waals surface area contributed by atoms with Crippen molar-refractivity contribution in [3.05, 3.63) is 0 Å². The SMILES string of the molecule is CCOC(=O)C(CC(=O)C(C)(C)CC)C(=O)C1CC1. The first-order valence-electron chi connectivity index (χ1n) is 7.07. The fraction of sp³-hybridized carbons (Fsp3) is 0.800. The average Bonchev–Trinajstić information content (AvgIpc) is 3.19. The Balaban J connectivity index is 2.76.